The molecule has 0 aliphatic carbocycles. The molecule has 21 heavy (non-hydrogen) atoms. The van der Waals surface area contributed by atoms with Crippen molar-refractivity contribution in [2.75, 3.05) is 21.3 Å². The number of ether oxygens (including phenoxy) is 5. The summed E-state index contributed by atoms with van der Waals surface area (Å²) in [6.07, 6.45) is -0.386. The van der Waals surface area contributed by atoms with Crippen LogP contribution in [0.1, 0.15) is 20.3 Å². The Kier molecular flexibility index (Phi) is 7.31. The fourth-order valence-electron chi connectivity index (χ4n) is 2.39. The first-order valence-electron chi connectivity index (χ1n) is 7.04. The average Bonchev–Trinajstić information content (AvgIpc) is 2.47. The minimum absolute atomic E-state index is 0.0586. The van der Waals surface area contributed by atoms with Crippen molar-refractivity contribution < 1.29 is 28.5 Å². The first-order valence-corrected chi connectivity index (χ1v) is 7.04. The number of rotatable bonds is 7. The van der Waals surface area contributed by atoms with Crippen LogP contribution in [0.3, 0.4) is 0 Å². The highest BCUT2D eigenvalue weighted by Crippen LogP contribution is 2.28. The Morgan fingerprint density at radius 2 is 1.81 bits per heavy atom. The van der Waals surface area contributed by atoms with Crippen LogP contribution in [-0.4, -0.2) is 58.0 Å². The lowest BCUT2D eigenvalue weighted by molar-refractivity contribution is -0.298. The molecule has 6 atom stereocenters. The van der Waals surface area contributed by atoms with Gasteiger partial charge in [-0.25, -0.2) is 0 Å². The van der Waals surface area contributed by atoms with Crippen molar-refractivity contribution in [3.8, 4) is 0 Å². The summed E-state index contributed by atoms with van der Waals surface area (Å²) >= 11 is 0. The summed E-state index contributed by atoms with van der Waals surface area (Å²) in [5.41, 5.74) is 0. The summed E-state index contributed by atoms with van der Waals surface area (Å²) in [7, 11) is 4.63. The van der Waals surface area contributed by atoms with E-state index in [0.29, 0.717) is 0 Å². The SMILES string of the molecule is C=C[C@@H](C)CC(=O)O[C@H]1[C@H](OC)[C@@H](OC)[C@@H](OC)O[C@@H]1C. The third-order valence-electron chi connectivity index (χ3n) is 3.66. The molecule has 0 N–H and O–H groups in total. The van der Waals surface area contributed by atoms with Crippen molar-refractivity contribution in [1.29, 1.82) is 0 Å². The van der Waals surface area contributed by atoms with Gasteiger partial charge in [-0.05, 0) is 12.8 Å². The Bertz CT molecular complexity index is 345. The van der Waals surface area contributed by atoms with E-state index in [2.05, 4.69) is 6.58 Å². The molecule has 122 valence electrons. The zero-order valence-electron chi connectivity index (χ0n) is 13.4. The second-order valence-electron chi connectivity index (χ2n) is 5.22. The molecule has 0 aromatic rings. The summed E-state index contributed by atoms with van der Waals surface area (Å²) in [5, 5.41) is 0. The molecule has 0 aromatic heterocycles. The number of hydrogen-bond donors (Lipinski definition) is 0. The van der Waals surface area contributed by atoms with E-state index < -0.39 is 24.6 Å². The molecule has 1 heterocycles. The highest BCUT2D eigenvalue weighted by molar-refractivity contribution is 5.70. The predicted octanol–water partition coefficient (Wildman–Crippen LogP) is 1.53. The van der Waals surface area contributed by atoms with Crippen molar-refractivity contribution in [2.45, 2.75) is 51.0 Å². The Morgan fingerprint density at radius 3 is 2.29 bits per heavy atom. The molecule has 6 heteroatoms. The number of carbonyl (C=O) groups excluding carboxylic acids is 1. The Hall–Kier alpha value is -0.950. The van der Waals surface area contributed by atoms with Crippen LogP contribution in [-0.2, 0) is 28.5 Å². The van der Waals surface area contributed by atoms with E-state index in [1.54, 1.807) is 20.3 Å². The molecule has 0 radical (unpaired) electrons. The van der Waals surface area contributed by atoms with E-state index in [9.17, 15) is 4.79 Å². The Morgan fingerprint density at radius 1 is 1.19 bits per heavy atom. The quantitative estimate of drug-likeness (QED) is 0.525. The van der Waals surface area contributed by atoms with Gasteiger partial charge in [-0.15, -0.1) is 6.58 Å². The number of esters is 1. The van der Waals surface area contributed by atoms with Gasteiger partial charge in [0.25, 0.3) is 0 Å². The summed E-state index contributed by atoms with van der Waals surface area (Å²) in [5.74, 6) is -0.251. The summed E-state index contributed by atoms with van der Waals surface area (Å²) in [4.78, 5) is 12.0. The fraction of sp³-hybridized carbons (Fsp3) is 0.800. The number of allylic oxidation sites excluding steroid dienone is 1. The number of hydrogen-bond acceptors (Lipinski definition) is 6. The van der Waals surface area contributed by atoms with Gasteiger partial charge in [0.2, 0.25) is 0 Å². The van der Waals surface area contributed by atoms with E-state index in [1.165, 1.54) is 7.11 Å². The van der Waals surface area contributed by atoms with Crippen LogP contribution in [0.4, 0.5) is 0 Å². The largest absolute Gasteiger partial charge is 0.457 e. The van der Waals surface area contributed by atoms with Crippen molar-refractivity contribution in [3.63, 3.8) is 0 Å². The predicted molar refractivity (Wildman–Crippen MR) is 76.8 cm³/mol. The summed E-state index contributed by atoms with van der Waals surface area (Å²) < 4.78 is 27.3. The maximum absolute atomic E-state index is 12.0. The second kappa shape index (κ2) is 8.48. The molecule has 0 saturated carbocycles. The van der Waals surface area contributed by atoms with Gasteiger partial charge in [-0.3, -0.25) is 4.79 Å². The van der Waals surface area contributed by atoms with Gasteiger partial charge in [0.1, 0.15) is 12.2 Å². The van der Waals surface area contributed by atoms with Crippen LogP contribution in [0.2, 0.25) is 0 Å². The highest BCUT2D eigenvalue weighted by Gasteiger charge is 2.47. The highest BCUT2D eigenvalue weighted by atomic mass is 16.7. The fourth-order valence-corrected chi connectivity index (χ4v) is 2.39. The van der Waals surface area contributed by atoms with Crippen LogP contribution >= 0.6 is 0 Å². The molecule has 0 bridgehead atoms. The molecule has 6 nitrogen and oxygen atoms in total. The maximum Gasteiger partial charge on any atom is 0.306 e. The van der Waals surface area contributed by atoms with Gasteiger partial charge in [0.05, 0.1) is 12.5 Å². The Balaban J connectivity index is 2.78. The molecule has 1 fully saturated rings. The van der Waals surface area contributed by atoms with Crippen molar-refractivity contribution in [3.05, 3.63) is 12.7 Å². The zero-order chi connectivity index (χ0) is 16.0. The van der Waals surface area contributed by atoms with Crippen LogP contribution in [0.5, 0.6) is 0 Å². The summed E-state index contributed by atoms with van der Waals surface area (Å²) in [6.45, 7) is 7.38. The topological polar surface area (TPSA) is 63.2 Å². The molecule has 1 aliphatic rings. The molecular formula is C15H26O6. The van der Waals surface area contributed by atoms with Crippen molar-refractivity contribution in [2.24, 2.45) is 5.92 Å². The van der Waals surface area contributed by atoms with Crippen LogP contribution in [0.15, 0.2) is 12.7 Å². The van der Waals surface area contributed by atoms with Crippen LogP contribution in [0.25, 0.3) is 0 Å². The van der Waals surface area contributed by atoms with Crippen molar-refractivity contribution >= 4 is 5.97 Å². The lowest BCUT2D eigenvalue weighted by atomic mass is 9.99. The van der Waals surface area contributed by atoms with Gasteiger partial charge < -0.3 is 23.7 Å². The van der Waals surface area contributed by atoms with Gasteiger partial charge in [-0.1, -0.05) is 13.0 Å². The molecule has 1 aliphatic heterocycles. The average molecular weight is 302 g/mol. The first-order chi connectivity index (χ1) is 9.98. The summed E-state index contributed by atoms with van der Waals surface area (Å²) in [6, 6.07) is 0. The molecule has 0 aromatic carbocycles. The molecule has 0 unspecified atom stereocenters. The standard InChI is InChI=1S/C15H26O6/c1-7-9(2)8-11(16)21-12-10(3)20-15(19-6)14(18-5)13(12)17-4/h7,9-10,12-15H,1,8H2,2-6H3/t9-,10-,12-,13+,14-,15+/m1/s1. The first kappa shape index (κ1) is 18.1. The third-order valence-corrected chi connectivity index (χ3v) is 3.66. The molecule has 1 saturated heterocycles. The lowest BCUT2D eigenvalue weighted by Gasteiger charge is -2.43. The normalized spacial score (nSPS) is 34.2. The Labute approximate surface area is 126 Å². The number of carbonyl (C=O) groups is 1. The minimum atomic E-state index is -0.558. The third kappa shape index (κ3) is 4.51. The van der Waals surface area contributed by atoms with Crippen LogP contribution < -0.4 is 0 Å². The molecular weight excluding hydrogens is 276 g/mol. The number of methoxy groups -OCH3 is 3. The molecule has 0 amide bonds. The van der Waals surface area contributed by atoms with E-state index >= 15 is 0 Å². The van der Waals surface area contributed by atoms with Gasteiger partial charge in [0, 0.05) is 21.3 Å². The minimum Gasteiger partial charge on any atom is -0.457 e. The van der Waals surface area contributed by atoms with Crippen molar-refractivity contribution in [1.82, 2.24) is 0 Å². The van der Waals surface area contributed by atoms with Gasteiger partial charge in [-0.2, -0.15) is 0 Å². The monoisotopic (exact) mass is 302 g/mol. The molecule has 1 rings (SSSR count). The van der Waals surface area contributed by atoms with E-state index in [-0.39, 0.29) is 24.4 Å². The van der Waals surface area contributed by atoms with E-state index in [0.717, 1.165) is 0 Å². The lowest BCUT2D eigenvalue weighted by Crippen LogP contribution is -2.59. The van der Waals surface area contributed by atoms with Gasteiger partial charge >= 0.3 is 5.97 Å². The molecule has 0 spiro atoms. The maximum atomic E-state index is 12.0. The second-order valence-corrected chi connectivity index (χ2v) is 5.22. The van der Waals surface area contributed by atoms with Crippen LogP contribution in [0, 0.1) is 5.92 Å². The van der Waals surface area contributed by atoms with E-state index in [4.69, 9.17) is 23.7 Å². The zero-order valence-corrected chi connectivity index (χ0v) is 13.4. The smallest absolute Gasteiger partial charge is 0.306 e. The van der Waals surface area contributed by atoms with E-state index in [1.807, 2.05) is 13.8 Å². The van der Waals surface area contributed by atoms with Gasteiger partial charge in [0.15, 0.2) is 12.4 Å².